The molecule has 1 rings (SSSR count). The summed E-state index contributed by atoms with van der Waals surface area (Å²) in [6, 6.07) is 0. The Balaban J connectivity index is 2.40. The van der Waals surface area contributed by atoms with Gasteiger partial charge in [0.25, 0.3) is 0 Å². The quantitative estimate of drug-likeness (QED) is 0.461. The maximum Gasteiger partial charge on any atom is 0.219 e. The zero-order valence-electron chi connectivity index (χ0n) is 3.92. The van der Waals surface area contributed by atoms with Crippen LogP contribution in [0, 0.1) is 0 Å². The Morgan fingerprint density at radius 1 is 2.00 bits per heavy atom. The van der Waals surface area contributed by atoms with Gasteiger partial charge < -0.3 is 0 Å². The summed E-state index contributed by atoms with van der Waals surface area (Å²) >= 11 is 0. The van der Waals surface area contributed by atoms with E-state index in [1.807, 2.05) is 6.92 Å². The van der Waals surface area contributed by atoms with Gasteiger partial charge in [0.15, 0.2) is 0 Å². The Hall–Kier alpha value is 0.460. The van der Waals surface area contributed by atoms with Crippen LogP contribution < -0.4 is 0 Å². The Morgan fingerprint density at radius 2 is 2.71 bits per heavy atom. The van der Waals surface area contributed by atoms with E-state index in [1.165, 1.54) is 10.8 Å². The molecule has 1 aliphatic heterocycles. The predicted octanol–water partition coefficient (Wildman–Crippen LogP) is 0.717. The lowest BCUT2D eigenvalue weighted by Gasteiger charge is -1.90. The average Bonchev–Trinajstić information content (AvgIpc) is 1.87. The summed E-state index contributed by atoms with van der Waals surface area (Å²) in [5.41, 5.74) is 0. The molecule has 0 aromatic heterocycles. The van der Waals surface area contributed by atoms with E-state index in [0.717, 1.165) is 5.75 Å². The number of hydrogen-bond acceptors (Lipinski definition) is 3. The van der Waals surface area contributed by atoms with Crippen LogP contribution in [0.3, 0.4) is 0 Å². The third-order valence-corrected chi connectivity index (χ3v) is 3.15. The van der Waals surface area contributed by atoms with Gasteiger partial charge in [0, 0.05) is 5.75 Å². The highest BCUT2D eigenvalue weighted by Gasteiger charge is 2.17. The molecule has 1 aliphatic rings. The van der Waals surface area contributed by atoms with Crippen molar-refractivity contribution in [3.05, 3.63) is 0 Å². The molecule has 2 nitrogen and oxygen atoms in total. The molecular formula is C3H6O2S2. The van der Waals surface area contributed by atoms with Crippen molar-refractivity contribution in [2.75, 3.05) is 5.75 Å². The first-order valence-electron chi connectivity index (χ1n) is 2.01. The molecule has 1 fully saturated rings. The van der Waals surface area contributed by atoms with E-state index in [1.54, 1.807) is 0 Å². The normalized spacial score (nSPS) is 41.9. The highest BCUT2D eigenvalue weighted by molar-refractivity contribution is 8.67. The molecule has 4 heteroatoms. The Bertz CT molecular complexity index is 92.9. The fraction of sp³-hybridized carbons (Fsp3) is 1.00. The van der Waals surface area contributed by atoms with E-state index >= 15 is 0 Å². The molecule has 0 amide bonds. The lowest BCUT2D eigenvalue weighted by Crippen LogP contribution is -1.99. The van der Waals surface area contributed by atoms with Gasteiger partial charge in [-0.15, -0.1) is 0 Å². The zero-order chi connectivity index (χ0) is 5.28. The third-order valence-electron chi connectivity index (χ3n) is 0.642. The fourth-order valence-electron chi connectivity index (χ4n) is 0.341. The van der Waals surface area contributed by atoms with Gasteiger partial charge in [-0.05, 0) is 17.7 Å². The molecular weight excluding hydrogens is 132 g/mol. The molecule has 0 aromatic rings. The van der Waals surface area contributed by atoms with Crippen LogP contribution in [0.4, 0.5) is 0 Å². The molecule has 7 heavy (non-hydrogen) atoms. The monoisotopic (exact) mass is 138 g/mol. The van der Waals surface area contributed by atoms with Crippen molar-refractivity contribution in [3.8, 4) is 0 Å². The first-order chi connectivity index (χ1) is 3.29. The maximum atomic E-state index is 10.3. The van der Waals surface area contributed by atoms with Crippen LogP contribution in [-0.4, -0.2) is 16.1 Å². The molecule has 0 aromatic carbocycles. The summed E-state index contributed by atoms with van der Waals surface area (Å²) < 4.78 is 15.1. The van der Waals surface area contributed by atoms with Crippen LogP contribution in [0.1, 0.15) is 6.92 Å². The van der Waals surface area contributed by atoms with Gasteiger partial charge in [-0.2, -0.15) is 0 Å². The van der Waals surface area contributed by atoms with Crippen LogP contribution in [0.5, 0.6) is 0 Å². The smallest absolute Gasteiger partial charge is 0.219 e. The van der Waals surface area contributed by atoms with Gasteiger partial charge in [-0.25, -0.2) is 4.21 Å². The van der Waals surface area contributed by atoms with E-state index in [2.05, 4.69) is 0 Å². The summed E-state index contributed by atoms with van der Waals surface area (Å²) in [5, 5.41) is 0. The Labute approximate surface area is 48.7 Å². The van der Waals surface area contributed by atoms with Crippen LogP contribution in [0.25, 0.3) is 0 Å². The molecule has 2 atom stereocenters. The number of rotatable bonds is 0. The van der Waals surface area contributed by atoms with E-state index in [0.29, 0.717) is 0 Å². The Kier molecular flexibility index (Phi) is 1.72. The van der Waals surface area contributed by atoms with Crippen LogP contribution >= 0.6 is 10.8 Å². The lowest BCUT2D eigenvalue weighted by atomic mass is 10.5. The van der Waals surface area contributed by atoms with E-state index in [9.17, 15) is 4.21 Å². The Morgan fingerprint density at radius 3 is 2.86 bits per heavy atom. The molecule has 0 bridgehead atoms. The molecule has 42 valence electrons. The summed E-state index contributed by atoms with van der Waals surface area (Å²) in [7, 11) is 0.319. The van der Waals surface area contributed by atoms with Crippen molar-refractivity contribution in [3.63, 3.8) is 0 Å². The van der Waals surface area contributed by atoms with Crippen molar-refractivity contribution in [2.45, 2.75) is 13.0 Å². The van der Waals surface area contributed by atoms with Gasteiger partial charge in [-0.3, -0.25) is 4.18 Å². The van der Waals surface area contributed by atoms with Crippen molar-refractivity contribution >= 4 is 20.9 Å². The second-order valence-corrected chi connectivity index (χ2v) is 4.09. The van der Waals surface area contributed by atoms with Gasteiger partial charge in [-0.1, -0.05) is 0 Å². The summed E-state index contributed by atoms with van der Waals surface area (Å²) in [4.78, 5) is 0. The van der Waals surface area contributed by atoms with Gasteiger partial charge in [0.1, 0.15) is 0 Å². The largest absolute Gasteiger partial charge is 0.278 e. The topological polar surface area (TPSA) is 26.3 Å². The van der Waals surface area contributed by atoms with Crippen molar-refractivity contribution < 1.29 is 8.39 Å². The molecule has 0 radical (unpaired) electrons. The second kappa shape index (κ2) is 2.15. The predicted molar refractivity (Wildman–Crippen MR) is 31.1 cm³/mol. The highest BCUT2D eigenvalue weighted by atomic mass is 33.1. The van der Waals surface area contributed by atoms with Gasteiger partial charge in [0.05, 0.1) is 6.10 Å². The van der Waals surface area contributed by atoms with Crippen molar-refractivity contribution in [1.82, 2.24) is 0 Å². The SMILES string of the molecule is CC1CSS(=O)O1. The molecule has 1 heterocycles. The molecule has 0 aliphatic carbocycles. The molecule has 2 unspecified atom stereocenters. The fourth-order valence-corrected chi connectivity index (χ4v) is 2.67. The maximum absolute atomic E-state index is 10.3. The highest BCUT2D eigenvalue weighted by Crippen LogP contribution is 2.21. The summed E-state index contributed by atoms with van der Waals surface area (Å²) in [6.07, 6.45) is 0.186. The minimum Gasteiger partial charge on any atom is -0.278 e. The van der Waals surface area contributed by atoms with E-state index in [-0.39, 0.29) is 6.10 Å². The lowest BCUT2D eigenvalue weighted by molar-refractivity contribution is 0.289. The third kappa shape index (κ3) is 1.44. The number of hydrogen-bond donors (Lipinski definition) is 0. The van der Waals surface area contributed by atoms with E-state index < -0.39 is 10.1 Å². The average molecular weight is 138 g/mol. The van der Waals surface area contributed by atoms with E-state index in [4.69, 9.17) is 4.18 Å². The second-order valence-electron chi connectivity index (χ2n) is 1.40. The van der Waals surface area contributed by atoms with Crippen molar-refractivity contribution in [1.29, 1.82) is 0 Å². The molecule has 1 saturated heterocycles. The van der Waals surface area contributed by atoms with Crippen molar-refractivity contribution in [2.24, 2.45) is 0 Å². The van der Waals surface area contributed by atoms with Crippen LogP contribution in [-0.2, 0) is 14.3 Å². The zero-order valence-corrected chi connectivity index (χ0v) is 5.55. The molecule has 0 spiro atoms. The summed E-state index contributed by atoms with van der Waals surface area (Å²) in [6.45, 7) is 1.91. The van der Waals surface area contributed by atoms with Crippen LogP contribution in [0.15, 0.2) is 0 Å². The minimum atomic E-state index is -1.04. The van der Waals surface area contributed by atoms with Gasteiger partial charge in [0.2, 0.25) is 10.1 Å². The van der Waals surface area contributed by atoms with Gasteiger partial charge >= 0.3 is 0 Å². The minimum absolute atomic E-state index is 0.186. The van der Waals surface area contributed by atoms with Crippen LogP contribution in [0.2, 0.25) is 0 Å². The summed E-state index contributed by atoms with van der Waals surface area (Å²) in [5.74, 6) is 0.868. The molecule has 0 N–H and O–H groups in total. The first kappa shape index (κ1) is 5.59. The molecule has 0 saturated carbocycles. The first-order valence-corrected chi connectivity index (χ1v) is 4.59. The standard InChI is InChI=1S/C3H6O2S2/c1-3-2-6-7(4)5-3/h3H,2H2,1H3.